The number of nitrogens with one attached hydrogen (secondary N) is 1. The van der Waals surface area contributed by atoms with Crippen molar-refractivity contribution in [1.29, 1.82) is 0 Å². The average molecular weight is 282 g/mol. The Kier molecular flexibility index (Phi) is 5.68. The molecule has 106 valence electrons. The van der Waals surface area contributed by atoms with Crippen molar-refractivity contribution in [2.24, 2.45) is 11.8 Å². The molecule has 0 saturated heterocycles. The Morgan fingerprint density at radius 2 is 2.00 bits per heavy atom. The smallest absolute Gasteiger partial charge is 0.0491 e. The summed E-state index contributed by atoms with van der Waals surface area (Å²) in [5, 5.41) is 4.45. The number of hydrogen-bond donors (Lipinski definition) is 1. The molecule has 1 fully saturated rings. The van der Waals surface area contributed by atoms with Crippen LogP contribution in [-0.2, 0) is 11.2 Å². The van der Waals surface area contributed by atoms with Gasteiger partial charge in [-0.25, -0.2) is 0 Å². The summed E-state index contributed by atoms with van der Waals surface area (Å²) in [6, 6.07) is 8.98. The first kappa shape index (κ1) is 14.8. The predicted molar refractivity (Wildman–Crippen MR) is 80.7 cm³/mol. The SMILES string of the molecule is COCC(C)C(CNC1CC1)Cc1ccc(Cl)cc1. The maximum Gasteiger partial charge on any atom is 0.0491 e. The monoisotopic (exact) mass is 281 g/mol. The zero-order chi connectivity index (χ0) is 13.7. The van der Waals surface area contributed by atoms with Crippen molar-refractivity contribution in [2.45, 2.75) is 32.2 Å². The Morgan fingerprint density at radius 3 is 2.58 bits per heavy atom. The van der Waals surface area contributed by atoms with Crippen LogP contribution in [0.15, 0.2) is 24.3 Å². The molecule has 1 N–H and O–H groups in total. The van der Waals surface area contributed by atoms with Crippen LogP contribution in [0.4, 0.5) is 0 Å². The molecule has 1 aromatic carbocycles. The van der Waals surface area contributed by atoms with Crippen molar-refractivity contribution in [3.63, 3.8) is 0 Å². The van der Waals surface area contributed by atoms with Crippen molar-refractivity contribution in [2.75, 3.05) is 20.3 Å². The summed E-state index contributed by atoms with van der Waals surface area (Å²) in [6.07, 6.45) is 3.76. The minimum atomic E-state index is 0.562. The zero-order valence-corrected chi connectivity index (χ0v) is 12.6. The summed E-state index contributed by atoms with van der Waals surface area (Å²) < 4.78 is 5.31. The molecule has 2 rings (SSSR count). The maximum absolute atomic E-state index is 5.94. The fourth-order valence-corrected chi connectivity index (χ4v) is 2.53. The molecule has 1 aliphatic rings. The molecule has 2 atom stereocenters. The second-order valence-corrected chi connectivity index (χ2v) is 6.14. The summed E-state index contributed by atoms with van der Waals surface area (Å²) in [5.74, 6) is 1.17. The Bertz CT molecular complexity index is 375. The van der Waals surface area contributed by atoms with E-state index in [-0.39, 0.29) is 0 Å². The van der Waals surface area contributed by atoms with Crippen LogP contribution in [0.3, 0.4) is 0 Å². The largest absolute Gasteiger partial charge is 0.384 e. The number of halogens is 1. The quantitative estimate of drug-likeness (QED) is 0.787. The molecule has 0 heterocycles. The molecule has 19 heavy (non-hydrogen) atoms. The Balaban J connectivity index is 1.92. The van der Waals surface area contributed by atoms with Crippen LogP contribution < -0.4 is 5.32 Å². The van der Waals surface area contributed by atoms with E-state index in [2.05, 4.69) is 24.4 Å². The van der Waals surface area contributed by atoms with Gasteiger partial charge in [0.1, 0.15) is 0 Å². The first-order valence-corrected chi connectivity index (χ1v) is 7.53. The normalized spacial score (nSPS) is 18.3. The van der Waals surface area contributed by atoms with Gasteiger partial charge in [0.05, 0.1) is 0 Å². The summed E-state index contributed by atoms with van der Waals surface area (Å²) in [6.45, 7) is 4.18. The second-order valence-electron chi connectivity index (χ2n) is 5.71. The van der Waals surface area contributed by atoms with Crippen molar-refractivity contribution >= 4 is 11.6 Å². The topological polar surface area (TPSA) is 21.3 Å². The van der Waals surface area contributed by atoms with E-state index in [0.717, 1.165) is 30.6 Å². The Hall–Kier alpha value is -0.570. The average Bonchev–Trinajstić information content (AvgIpc) is 3.21. The Labute approximate surface area is 121 Å². The highest BCUT2D eigenvalue weighted by Crippen LogP contribution is 2.23. The first-order chi connectivity index (χ1) is 9.19. The molecule has 0 aliphatic heterocycles. The van der Waals surface area contributed by atoms with Gasteiger partial charge in [-0.1, -0.05) is 30.7 Å². The van der Waals surface area contributed by atoms with Gasteiger partial charge < -0.3 is 10.1 Å². The lowest BCUT2D eigenvalue weighted by atomic mass is 9.88. The highest BCUT2D eigenvalue weighted by molar-refractivity contribution is 6.30. The third-order valence-electron chi connectivity index (χ3n) is 3.89. The number of hydrogen-bond acceptors (Lipinski definition) is 2. The molecule has 0 aromatic heterocycles. The van der Waals surface area contributed by atoms with E-state index < -0.39 is 0 Å². The van der Waals surface area contributed by atoms with Gasteiger partial charge in [-0.05, 0) is 55.3 Å². The van der Waals surface area contributed by atoms with Gasteiger partial charge in [-0.2, -0.15) is 0 Å². The van der Waals surface area contributed by atoms with E-state index >= 15 is 0 Å². The molecule has 1 aliphatic carbocycles. The number of ether oxygens (including phenoxy) is 1. The molecule has 0 radical (unpaired) electrons. The van der Waals surface area contributed by atoms with Gasteiger partial charge in [-0.15, -0.1) is 0 Å². The number of methoxy groups -OCH3 is 1. The fraction of sp³-hybridized carbons (Fsp3) is 0.625. The van der Waals surface area contributed by atoms with E-state index in [4.69, 9.17) is 16.3 Å². The maximum atomic E-state index is 5.94. The first-order valence-electron chi connectivity index (χ1n) is 7.15. The minimum Gasteiger partial charge on any atom is -0.384 e. The standard InChI is InChI=1S/C16H24ClNO/c1-12(11-19-2)14(10-18-16-7-8-16)9-13-3-5-15(17)6-4-13/h3-6,12,14,16,18H,7-11H2,1-2H3. The van der Waals surface area contributed by atoms with Crippen LogP contribution in [0.5, 0.6) is 0 Å². The van der Waals surface area contributed by atoms with Crippen LogP contribution in [0.25, 0.3) is 0 Å². The van der Waals surface area contributed by atoms with E-state index in [1.807, 2.05) is 12.1 Å². The van der Waals surface area contributed by atoms with Gasteiger partial charge in [0.25, 0.3) is 0 Å². The molecule has 0 bridgehead atoms. The summed E-state index contributed by atoms with van der Waals surface area (Å²) >= 11 is 5.94. The van der Waals surface area contributed by atoms with Gasteiger partial charge >= 0.3 is 0 Å². The molecule has 2 unspecified atom stereocenters. The zero-order valence-electron chi connectivity index (χ0n) is 11.9. The van der Waals surface area contributed by atoms with Crippen LogP contribution in [0.1, 0.15) is 25.3 Å². The lowest BCUT2D eigenvalue weighted by Crippen LogP contribution is -2.31. The Morgan fingerprint density at radius 1 is 1.32 bits per heavy atom. The molecule has 2 nitrogen and oxygen atoms in total. The minimum absolute atomic E-state index is 0.562. The third kappa shape index (κ3) is 5.13. The van der Waals surface area contributed by atoms with Crippen LogP contribution in [-0.4, -0.2) is 26.3 Å². The van der Waals surface area contributed by atoms with Crippen molar-refractivity contribution in [3.05, 3.63) is 34.9 Å². The van der Waals surface area contributed by atoms with E-state index in [9.17, 15) is 0 Å². The van der Waals surface area contributed by atoms with Gasteiger partial charge in [0.2, 0.25) is 0 Å². The highest BCUT2D eigenvalue weighted by Gasteiger charge is 2.24. The van der Waals surface area contributed by atoms with Crippen molar-refractivity contribution in [3.8, 4) is 0 Å². The van der Waals surface area contributed by atoms with Crippen LogP contribution in [0.2, 0.25) is 5.02 Å². The third-order valence-corrected chi connectivity index (χ3v) is 4.14. The second kappa shape index (κ2) is 7.28. The summed E-state index contributed by atoms with van der Waals surface area (Å²) in [5.41, 5.74) is 1.36. The van der Waals surface area contributed by atoms with Gasteiger partial charge in [-0.3, -0.25) is 0 Å². The van der Waals surface area contributed by atoms with Gasteiger partial charge in [0, 0.05) is 24.8 Å². The summed E-state index contributed by atoms with van der Waals surface area (Å²) in [7, 11) is 1.78. The molecule has 0 amide bonds. The molecule has 0 spiro atoms. The number of benzene rings is 1. The molecular formula is C16H24ClNO. The summed E-state index contributed by atoms with van der Waals surface area (Å²) in [4.78, 5) is 0. The molecular weight excluding hydrogens is 258 g/mol. The van der Waals surface area contributed by atoms with Crippen LogP contribution in [0, 0.1) is 11.8 Å². The number of rotatable bonds is 8. The molecule has 3 heteroatoms. The highest BCUT2D eigenvalue weighted by atomic mass is 35.5. The fourth-order valence-electron chi connectivity index (χ4n) is 2.40. The van der Waals surface area contributed by atoms with Crippen molar-refractivity contribution < 1.29 is 4.74 Å². The van der Waals surface area contributed by atoms with Crippen molar-refractivity contribution in [1.82, 2.24) is 5.32 Å². The predicted octanol–water partition coefficient (Wildman–Crippen LogP) is 3.53. The van der Waals surface area contributed by atoms with Gasteiger partial charge in [0.15, 0.2) is 0 Å². The lowest BCUT2D eigenvalue weighted by molar-refractivity contribution is 0.128. The lowest BCUT2D eigenvalue weighted by Gasteiger charge is -2.24. The molecule has 1 aromatic rings. The molecule has 1 saturated carbocycles. The van der Waals surface area contributed by atoms with E-state index in [0.29, 0.717) is 11.8 Å². The van der Waals surface area contributed by atoms with E-state index in [1.165, 1.54) is 18.4 Å². The van der Waals surface area contributed by atoms with Crippen LogP contribution >= 0.6 is 11.6 Å². The van der Waals surface area contributed by atoms with E-state index in [1.54, 1.807) is 7.11 Å².